The van der Waals surface area contributed by atoms with Gasteiger partial charge in [0.25, 0.3) is 0 Å². The fourth-order valence-electron chi connectivity index (χ4n) is 3.94. The summed E-state index contributed by atoms with van der Waals surface area (Å²) < 4.78 is 0. The van der Waals surface area contributed by atoms with E-state index >= 15 is 0 Å². The monoisotopic (exact) mass is 378 g/mol. The largest absolute Gasteiger partial charge is 0.369 e. The Morgan fingerprint density at radius 1 is 0.571 bits per heavy atom. The summed E-state index contributed by atoms with van der Waals surface area (Å²) in [5.74, 6) is 0.0925. The standard InChI is InChI=1S/C23H30N4O/c1-24-11-15-26(16-12-24)21-7-3-19(4-8-21)23(28)20-5-9-22(10-6-20)27-17-13-25(2)14-18-27/h3-10H,11-18H2,1-2H3. The van der Waals surface area contributed by atoms with Crippen LogP contribution in [0.2, 0.25) is 0 Å². The molecule has 0 amide bonds. The summed E-state index contributed by atoms with van der Waals surface area (Å²) in [7, 11) is 4.32. The summed E-state index contributed by atoms with van der Waals surface area (Å²) in [5, 5.41) is 0. The average Bonchev–Trinajstić information content (AvgIpc) is 2.75. The van der Waals surface area contributed by atoms with Gasteiger partial charge in [-0.2, -0.15) is 0 Å². The van der Waals surface area contributed by atoms with E-state index < -0.39 is 0 Å². The van der Waals surface area contributed by atoms with Crippen molar-refractivity contribution in [2.45, 2.75) is 0 Å². The number of nitrogens with zero attached hydrogens (tertiary/aromatic N) is 4. The number of benzene rings is 2. The van der Waals surface area contributed by atoms with Crippen molar-refractivity contribution >= 4 is 17.2 Å². The quantitative estimate of drug-likeness (QED) is 0.763. The van der Waals surface area contributed by atoms with Crippen LogP contribution >= 0.6 is 0 Å². The molecule has 2 aliphatic heterocycles. The molecule has 0 N–H and O–H groups in total. The van der Waals surface area contributed by atoms with Gasteiger partial charge in [-0.3, -0.25) is 4.79 Å². The lowest BCUT2D eigenvalue weighted by Crippen LogP contribution is -2.44. The minimum absolute atomic E-state index is 0.0925. The first kappa shape index (κ1) is 19.0. The summed E-state index contributed by atoms with van der Waals surface area (Å²) in [6.45, 7) is 8.49. The predicted octanol–water partition coefficient (Wildman–Crippen LogP) is 2.42. The van der Waals surface area contributed by atoms with Gasteiger partial charge in [0.2, 0.25) is 0 Å². The number of piperazine rings is 2. The lowest BCUT2D eigenvalue weighted by molar-refractivity contribution is 0.103. The van der Waals surface area contributed by atoms with Crippen molar-refractivity contribution < 1.29 is 4.79 Å². The van der Waals surface area contributed by atoms with E-state index in [9.17, 15) is 4.79 Å². The topological polar surface area (TPSA) is 30.0 Å². The molecule has 2 aromatic carbocycles. The van der Waals surface area contributed by atoms with Crippen LogP contribution in [0, 0.1) is 0 Å². The molecule has 28 heavy (non-hydrogen) atoms. The number of carbonyl (C=O) groups excluding carboxylic acids is 1. The third kappa shape index (κ3) is 4.21. The zero-order valence-electron chi connectivity index (χ0n) is 17.0. The normalized spacial score (nSPS) is 19.1. The first-order valence-corrected chi connectivity index (χ1v) is 10.2. The molecule has 2 fully saturated rings. The molecular weight excluding hydrogens is 348 g/mol. The van der Waals surface area contributed by atoms with E-state index in [-0.39, 0.29) is 5.78 Å². The number of carbonyl (C=O) groups is 1. The van der Waals surface area contributed by atoms with Crippen LogP contribution in [0.25, 0.3) is 0 Å². The minimum atomic E-state index is 0.0925. The molecule has 0 aliphatic carbocycles. The molecule has 2 heterocycles. The van der Waals surface area contributed by atoms with Gasteiger partial charge >= 0.3 is 0 Å². The van der Waals surface area contributed by atoms with E-state index in [0.29, 0.717) is 0 Å². The molecule has 5 heteroatoms. The maximum absolute atomic E-state index is 12.9. The highest BCUT2D eigenvalue weighted by atomic mass is 16.1. The van der Waals surface area contributed by atoms with Crippen molar-refractivity contribution in [2.75, 3.05) is 76.3 Å². The number of hydrogen-bond donors (Lipinski definition) is 0. The molecule has 5 nitrogen and oxygen atoms in total. The van der Waals surface area contributed by atoms with E-state index in [1.54, 1.807) is 0 Å². The zero-order chi connectivity index (χ0) is 19.5. The second-order valence-corrected chi connectivity index (χ2v) is 8.00. The molecule has 0 spiro atoms. The van der Waals surface area contributed by atoms with Crippen LogP contribution < -0.4 is 9.80 Å². The van der Waals surface area contributed by atoms with E-state index in [0.717, 1.165) is 63.5 Å². The van der Waals surface area contributed by atoms with Crippen LogP contribution in [0.15, 0.2) is 48.5 Å². The van der Waals surface area contributed by atoms with E-state index in [2.05, 4.69) is 58.0 Å². The highest BCUT2D eigenvalue weighted by Crippen LogP contribution is 2.21. The van der Waals surface area contributed by atoms with Crippen LogP contribution in [0.1, 0.15) is 15.9 Å². The SMILES string of the molecule is CN1CCN(c2ccc(C(=O)c3ccc(N4CCN(C)CC4)cc3)cc2)CC1. The van der Waals surface area contributed by atoms with Gasteiger partial charge in [0.05, 0.1) is 0 Å². The van der Waals surface area contributed by atoms with Crippen LogP contribution in [-0.2, 0) is 0 Å². The number of hydrogen-bond acceptors (Lipinski definition) is 5. The molecule has 2 aliphatic rings. The Labute approximate surface area is 168 Å². The van der Waals surface area contributed by atoms with E-state index in [4.69, 9.17) is 0 Å². The van der Waals surface area contributed by atoms with Crippen molar-refractivity contribution in [1.29, 1.82) is 0 Å². The maximum Gasteiger partial charge on any atom is 0.193 e. The Morgan fingerprint density at radius 3 is 1.21 bits per heavy atom. The molecule has 4 rings (SSSR count). The second-order valence-electron chi connectivity index (χ2n) is 8.00. The Morgan fingerprint density at radius 2 is 0.893 bits per heavy atom. The van der Waals surface area contributed by atoms with E-state index in [1.807, 2.05) is 24.3 Å². The number of ketones is 1. The molecule has 0 bridgehead atoms. The lowest BCUT2D eigenvalue weighted by atomic mass is 10.0. The van der Waals surface area contributed by atoms with Gasteiger partial charge < -0.3 is 19.6 Å². The van der Waals surface area contributed by atoms with Crippen molar-refractivity contribution in [1.82, 2.24) is 9.80 Å². The van der Waals surface area contributed by atoms with Crippen LogP contribution in [0.4, 0.5) is 11.4 Å². The zero-order valence-corrected chi connectivity index (χ0v) is 17.0. The smallest absolute Gasteiger partial charge is 0.193 e. The summed E-state index contributed by atoms with van der Waals surface area (Å²) >= 11 is 0. The third-order valence-corrected chi connectivity index (χ3v) is 6.00. The average molecular weight is 379 g/mol. The number of likely N-dealkylation sites (N-methyl/N-ethyl adjacent to an activating group) is 2. The second kappa shape index (κ2) is 8.33. The van der Waals surface area contributed by atoms with Crippen molar-refractivity contribution in [3.05, 3.63) is 59.7 Å². The number of rotatable bonds is 4. The molecule has 0 aromatic heterocycles. The molecule has 148 valence electrons. The number of anilines is 2. The molecule has 0 radical (unpaired) electrons. The maximum atomic E-state index is 12.9. The third-order valence-electron chi connectivity index (χ3n) is 6.00. The van der Waals surface area contributed by atoms with Gasteiger partial charge in [-0.05, 0) is 62.6 Å². The fraction of sp³-hybridized carbons (Fsp3) is 0.435. The highest BCUT2D eigenvalue weighted by Gasteiger charge is 2.17. The van der Waals surface area contributed by atoms with Crippen molar-refractivity contribution in [3.8, 4) is 0 Å². The lowest BCUT2D eigenvalue weighted by Gasteiger charge is -2.34. The molecule has 0 atom stereocenters. The van der Waals surface area contributed by atoms with Gasteiger partial charge in [0.15, 0.2) is 5.78 Å². The van der Waals surface area contributed by atoms with Gasteiger partial charge in [-0.15, -0.1) is 0 Å². The Bertz CT molecular complexity index is 719. The Hall–Kier alpha value is -2.37. The van der Waals surface area contributed by atoms with Gasteiger partial charge in [-0.25, -0.2) is 0 Å². The predicted molar refractivity (Wildman–Crippen MR) is 116 cm³/mol. The van der Waals surface area contributed by atoms with Gasteiger partial charge in [0.1, 0.15) is 0 Å². The summed E-state index contributed by atoms with van der Waals surface area (Å²) in [6.07, 6.45) is 0. The molecule has 0 saturated carbocycles. The summed E-state index contributed by atoms with van der Waals surface area (Å²) in [4.78, 5) is 22.3. The Kier molecular flexibility index (Phi) is 5.64. The van der Waals surface area contributed by atoms with Crippen LogP contribution in [0.5, 0.6) is 0 Å². The molecular formula is C23H30N4O. The van der Waals surface area contributed by atoms with Gasteiger partial charge in [0, 0.05) is 74.9 Å². The van der Waals surface area contributed by atoms with Crippen LogP contribution in [0.3, 0.4) is 0 Å². The molecule has 2 saturated heterocycles. The first-order valence-electron chi connectivity index (χ1n) is 10.2. The van der Waals surface area contributed by atoms with Crippen molar-refractivity contribution in [3.63, 3.8) is 0 Å². The first-order chi connectivity index (χ1) is 13.6. The molecule has 0 unspecified atom stereocenters. The Balaban J connectivity index is 1.41. The van der Waals surface area contributed by atoms with Crippen molar-refractivity contribution in [2.24, 2.45) is 0 Å². The van der Waals surface area contributed by atoms with E-state index in [1.165, 1.54) is 11.4 Å². The highest BCUT2D eigenvalue weighted by molar-refractivity contribution is 6.09. The minimum Gasteiger partial charge on any atom is -0.369 e. The molecule has 2 aromatic rings. The summed E-state index contributed by atoms with van der Waals surface area (Å²) in [5.41, 5.74) is 3.92. The van der Waals surface area contributed by atoms with Gasteiger partial charge in [-0.1, -0.05) is 0 Å². The fourth-order valence-corrected chi connectivity index (χ4v) is 3.94. The summed E-state index contributed by atoms with van der Waals surface area (Å²) in [6, 6.07) is 16.2. The van der Waals surface area contributed by atoms with Crippen LogP contribution in [-0.4, -0.2) is 82.0 Å².